The van der Waals surface area contributed by atoms with Gasteiger partial charge in [0, 0.05) is 5.02 Å². The number of nitrogens with one attached hydrogen (secondary N) is 1. The Morgan fingerprint density at radius 3 is 2.15 bits per heavy atom. The lowest BCUT2D eigenvalue weighted by Crippen LogP contribution is -2.31. The maximum absolute atomic E-state index is 12.2. The number of hydrogen-bond donors (Lipinski definition) is 1. The van der Waals surface area contributed by atoms with Gasteiger partial charge in [0.1, 0.15) is 5.75 Å². The molecule has 1 N–H and O–H groups in total. The highest BCUT2D eigenvalue weighted by atomic mass is 35.5. The molecule has 26 heavy (non-hydrogen) atoms. The van der Waals surface area contributed by atoms with Crippen LogP contribution in [0.4, 0.5) is 0 Å². The second kappa shape index (κ2) is 8.13. The van der Waals surface area contributed by atoms with E-state index in [0.29, 0.717) is 5.75 Å². The summed E-state index contributed by atoms with van der Waals surface area (Å²) in [6.07, 6.45) is 0. The second-order valence-electron chi connectivity index (χ2n) is 7.82. The van der Waals surface area contributed by atoms with Crippen molar-refractivity contribution in [2.75, 3.05) is 6.61 Å². The SMILES string of the molecule is Cc1cc(OCC(=O)N[C@H](C)c2ccc(C(C)(C)C)cc2)cc(C)c1Cl. The highest BCUT2D eigenvalue weighted by molar-refractivity contribution is 6.32. The summed E-state index contributed by atoms with van der Waals surface area (Å²) in [6.45, 7) is 12.4. The minimum atomic E-state index is -0.150. The normalized spacial score (nSPS) is 12.6. The predicted octanol–water partition coefficient (Wildman–Crippen LogP) is 5.51. The third-order valence-corrected chi connectivity index (χ3v) is 5.03. The van der Waals surface area contributed by atoms with Crippen molar-refractivity contribution in [2.45, 2.75) is 53.0 Å². The number of carbonyl (C=O) groups is 1. The Balaban J connectivity index is 1.93. The van der Waals surface area contributed by atoms with Crippen molar-refractivity contribution in [3.63, 3.8) is 0 Å². The molecule has 1 amide bonds. The molecule has 0 aliphatic carbocycles. The van der Waals surface area contributed by atoms with Crippen molar-refractivity contribution in [1.29, 1.82) is 0 Å². The molecule has 0 saturated heterocycles. The van der Waals surface area contributed by atoms with Crippen LogP contribution in [0.1, 0.15) is 56.0 Å². The lowest BCUT2D eigenvalue weighted by Gasteiger charge is -2.21. The summed E-state index contributed by atoms with van der Waals surface area (Å²) in [6, 6.07) is 12.0. The van der Waals surface area contributed by atoms with Crippen molar-refractivity contribution < 1.29 is 9.53 Å². The van der Waals surface area contributed by atoms with E-state index in [-0.39, 0.29) is 24.0 Å². The highest BCUT2D eigenvalue weighted by Crippen LogP contribution is 2.26. The van der Waals surface area contributed by atoms with Gasteiger partial charge in [-0.05, 0) is 60.6 Å². The summed E-state index contributed by atoms with van der Waals surface area (Å²) in [5, 5.41) is 3.71. The van der Waals surface area contributed by atoms with Gasteiger partial charge in [-0.25, -0.2) is 0 Å². The van der Waals surface area contributed by atoms with Gasteiger partial charge in [-0.3, -0.25) is 4.79 Å². The summed E-state index contributed by atoms with van der Waals surface area (Å²) < 4.78 is 5.61. The van der Waals surface area contributed by atoms with Gasteiger partial charge >= 0.3 is 0 Å². The first-order valence-electron chi connectivity index (χ1n) is 8.87. The average molecular weight is 374 g/mol. The standard InChI is InChI=1S/C22H28ClNO2/c1-14-11-19(12-15(2)21(14)23)26-13-20(25)24-16(3)17-7-9-18(10-8-17)22(4,5)6/h7-12,16H,13H2,1-6H3,(H,24,25)/t16-/m1/s1. The summed E-state index contributed by atoms with van der Waals surface area (Å²) in [5.74, 6) is 0.504. The van der Waals surface area contributed by atoms with Crippen LogP contribution >= 0.6 is 11.6 Å². The van der Waals surface area contributed by atoms with Crippen LogP contribution in [-0.4, -0.2) is 12.5 Å². The molecule has 0 aliphatic rings. The second-order valence-corrected chi connectivity index (χ2v) is 8.20. The van der Waals surface area contributed by atoms with E-state index in [1.165, 1.54) is 5.56 Å². The molecule has 0 unspecified atom stereocenters. The lowest BCUT2D eigenvalue weighted by atomic mass is 9.86. The molecule has 2 rings (SSSR count). The Hall–Kier alpha value is -2.00. The van der Waals surface area contributed by atoms with Crippen LogP contribution in [0, 0.1) is 13.8 Å². The predicted molar refractivity (Wildman–Crippen MR) is 108 cm³/mol. The van der Waals surface area contributed by atoms with Crippen LogP contribution in [0.5, 0.6) is 5.75 Å². The van der Waals surface area contributed by atoms with E-state index >= 15 is 0 Å². The molecule has 0 bridgehead atoms. The Labute approximate surface area is 161 Å². The molecule has 2 aromatic carbocycles. The van der Waals surface area contributed by atoms with E-state index in [0.717, 1.165) is 21.7 Å². The topological polar surface area (TPSA) is 38.3 Å². The third-order valence-electron chi connectivity index (χ3n) is 4.43. The number of amides is 1. The number of carbonyl (C=O) groups excluding carboxylic acids is 1. The first-order valence-corrected chi connectivity index (χ1v) is 9.25. The fourth-order valence-electron chi connectivity index (χ4n) is 2.78. The summed E-state index contributed by atoms with van der Waals surface area (Å²) in [5.41, 5.74) is 4.35. The Bertz CT molecular complexity index is 753. The fraction of sp³-hybridized carbons (Fsp3) is 0.409. The summed E-state index contributed by atoms with van der Waals surface area (Å²) >= 11 is 6.15. The molecular formula is C22H28ClNO2. The van der Waals surface area contributed by atoms with Gasteiger partial charge in [0.05, 0.1) is 6.04 Å². The van der Waals surface area contributed by atoms with Gasteiger partial charge in [0.2, 0.25) is 0 Å². The molecule has 0 heterocycles. The maximum Gasteiger partial charge on any atom is 0.258 e. The number of halogens is 1. The van der Waals surface area contributed by atoms with Crippen LogP contribution in [-0.2, 0) is 10.2 Å². The van der Waals surface area contributed by atoms with E-state index in [1.54, 1.807) is 0 Å². The van der Waals surface area contributed by atoms with Crippen LogP contribution in [0.25, 0.3) is 0 Å². The number of ether oxygens (including phenoxy) is 1. The largest absolute Gasteiger partial charge is 0.484 e. The quantitative estimate of drug-likeness (QED) is 0.750. The van der Waals surface area contributed by atoms with Gasteiger partial charge in [0.25, 0.3) is 5.91 Å². The van der Waals surface area contributed by atoms with Crippen molar-refractivity contribution in [2.24, 2.45) is 0 Å². The molecular weight excluding hydrogens is 346 g/mol. The molecule has 0 spiro atoms. The zero-order chi connectivity index (χ0) is 19.5. The zero-order valence-electron chi connectivity index (χ0n) is 16.4. The van der Waals surface area contributed by atoms with Crippen LogP contribution in [0.15, 0.2) is 36.4 Å². The van der Waals surface area contributed by atoms with Crippen LogP contribution in [0.2, 0.25) is 5.02 Å². The maximum atomic E-state index is 12.2. The minimum Gasteiger partial charge on any atom is -0.484 e. The molecule has 1 atom stereocenters. The van der Waals surface area contributed by atoms with E-state index in [9.17, 15) is 4.79 Å². The van der Waals surface area contributed by atoms with Gasteiger partial charge < -0.3 is 10.1 Å². The number of benzene rings is 2. The van der Waals surface area contributed by atoms with Gasteiger partial charge in [-0.15, -0.1) is 0 Å². The molecule has 0 fully saturated rings. The van der Waals surface area contributed by atoms with Crippen molar-refractivity contribution >= 4 is 17.5 Å². The molecule has 3 nitrogen and oxygen atoms in total. The number of hydrogen-bond acceptors (Lipinski definition) is 2. The average Bonchev–Trinajstić information content (AvgIpc) is 2.57. The van der Waals surface area contributed by atoms with Crippen molar-refractivity contribution in [3.05, 3.63) is 63.7 Å². The van der Waals surface area contributed by atoms with Crippen molar-refractivity contribution in [1.82, 2.24) is 5.32 Å². The first kappa shape index (κ1) is 20.3. The molecule has 0 radical (unpaired) electrons. The number of aryl methyl sites for hydroxylation is 2. The van der Waals surface area contributed by atoms with E-state index in [1.807, 2.05) is 32.9 Å². The lowest BCUT2D eigenvalue weighted by molar-refractivity contribution is -0.123. The number of rotatable bonds is 5. The fourth-order valence-corrected chi connectivity index (χ4v) is 2.89. The third kappa shape index (κ3) is 5.25. The zero-order valence-corrected chi connectivity index (χ0v) is 17.2. The Kier molecular flexibility index (Phi) is 6.35. The van der Waals surface area contributed by atoms with Gasteiger partial charge in [0.15, 0.2) is 6.61 Å². The molecule has 140 valence electrons. The summed E-state index contributed by atoms with van der Waals surface area (Å²) in [7, 11) is 0. The smallest absolute Gasteiger partial charge is 0.258 e. The highest BCUT2D eigenvalue weighted by Gasteiger charge is 2.15. The molecule has 2 aromatic rings. The van der Waals surface area contributed by atoms with Crippen LogP contribution < -0.4 is 10.1 Å². The van der Waals surface area contributed by atoms with Gasteiger partial charge in [-0.1, -0.05) is 56.6 Å². The Morgan fingerprint density at radius 2 is 1.65 bits per heavy atom. The van der Waals surface area contributed by atoms with Gasteiger partial charge in [-0.2, -0.15) is 0 Å². The summed E-state index contributed by atoms with van der Waals surface area (Å²) in [4.78, 5) is 12.2. The molecule has 4 heteroatoms. The monoisotopic (exact) mass is 373 g/mol. The molecule has 0 saturated carbocycles. The van der Waals surface area contributed by atoms with Crippen LogP contribution in [0.3, 0.4) is 0 Å². The van der Waals surface area contributed by atoms with E-state index in [4.69, 9.17) is 16.3 Å². The molecule has 0 aliphatic heterocycles. The molecule has 0 aromatic heterocycles. The Morgan fingerprint density at radius 1 is 1.12 bits per heavy atom. The van der Waals surface area contributed by atoms with Crippen molar-refractivity contribution in [3.8, 4) is 5.75 Å². The minimum absolute atomic E-state index is 0.0229. The van der Waals surface area contributed by atoms with E-state index in [2.05, 4.69) is 50.4 Å². The first-order chi connectivity index (χ1) is 12.1. The van der Waals surface area contributed by atoms with E-state index < -0.39 is 0 Å².